The van der Waals surface area contributed by atoms with Crippen molar-refractivity contribution >= 4 is 5.91 Å². The lowest BCUT2D eigenvalue weighted by atomic mass is 10.0. The number of amides is 1. The second kappa shape index (κ2) is 6.36. The third kappa shape index (κ3) is 3.22. The third-order valence-corrected chi connectivity index (χ3v) is 4.15. The lowest BCUT2D eigenvalue weighted by Gasteiger charge is -2.32. The zero-order chi connectivity index (χ0) is 15.5. The number of likely N-dealkylation sites (tertiary alicyclic amines) is 1. The molecule has 6 heteroatoms. The molecule has 1 N–H and O–H groups in total. The van der Waals surface area contributed by atoms with Gasteiger partial charge >= 0.3 is 0 Å². The van der Waals surface area contributed by atoms with Crippen LogP contribution in [-0.2, 0) is 6.54 Å². The summed E-state index contributed by atoms with van der Waals surface area (Å²) in [6.45, 7) is 6.57. The molecule has 0 aliphatic carbocycles. The van der Waals surface area contributed by atoms with Crippen LogP contribution < -0.4 is 5.32 Å². The van der Waals surface area contributed by atoms with Gasteiger partial charge in [0.25, 0.3) is 5.91 Å². The molecule has 2 aromatic rings. The fraction of sp³-hybridized carbons (Fsp3) is 0.500. The summed E-state index contributed by atoms with van der Waals surface area (Å²) >= 11 is 0. The molecule has 0 radical (unpaired) electrons. The number of aromatic nitrogens is 1. The van der Waals surface area contributed by atoms with Crippen molar-refractivity contribution in [3.05, 3.63) is 41.2 Å². The minimum absolute atomic E-state index is 0.144. The average Bonchev–Trinajstić information content (AvgIpc) is 3.13. The van der Waals surface area contributed by atoms with E-state index in [1.165, 1.54) is 6.26 Å². The van der Waals surface area contributed by atoms with Gasteiger partial charge < -0.3 is 14.3 Å². The molecule has 1 fully saturated rings. The van der Waals surface area contributed by atoms with Crippen LogP contribution in [0, 0.1) is 13.8 Å². The molecular weight excluding hydrogens is 282 g/mol. The fourth-order valence-electron chi connectivity index (χ4n) is 2.93. The van der Waals surface area contributed by atoms with E-state index in [9.17, 15) is 4.79 Å². The van der Waals surface area contributed by atoms with Crippen molar-refractivity contribution in [2.75, 3.05) is 13.1 Å². The van der Waals surface area contributed by atoms with Gasteiger partial charge in [-0.15, -0.1) is 0 Å². The Bertz CT molecular complexity index is 614. The van der Waals surface area contributed by atoms with Gasteiger partial charge in [-0.25, -0.2) is 0 Å². The second-order valence-corrected chi connectivity index (χ2v) is 5.83. The van der Waals surface area contributed by atoms with E-state index in [4.69, 9.17) is 8.94 Å². The molecule has 118 valence electrons. The first kappa shape index (κ1) is 14.8. The van der Waals surface area contributed by atoms with Crippen LogP contribution in [0.5, 0.6) is 0 Å². The van der Waals surface area contributed by atoms with Crippen LogP contribution in [-0.4, -0.2) is 35.1 Å². The lowest BCUT2D eigenvalue weighted by Crippen LogP contribution is -2.47. The monoisotopic (exact) mass is 303 g/mol. The maximum absolute atomic E-state index is 12.1. The largest absolute Gasteiger partial charge is 0.459 e. The Hall–Kier alpha value is -2.08. The van der Waals surface area contributed by atoms with Gasteiger partial charge in [0.15, 0.2) is 5.76 Å². The predicted molar refractivity (Wildman–Crippen MR) is 80.5 cm³/mol. The summed E-state index contributed by atoms with van der Waals surface area (Å²) in [7, 11) is 0. The average molecular weight is 303 g/mol. The highest BCUT2D eigenvalue weighted by atomic mass is 16.5. The number of nitrogens with one attached hydrogen (secondary N) is 1. The highest BCUT2D eigenvalue weighted by Crippen LogP contribution is 2.18. The number of piperidine rings is 1. The van der Waals surface area contributed by atoms with E-state index in [0.29, 0.717) is 5.76 Å². The second-order valence-electron chi connectivity index (χ2n) is 5.83. The molecule has 2 aromatic heterocycles. The molecule has 22 heavy (non-hydrogen) atoms. The van der Waals surface area contributed by atoms with Gasteiger partial charge in [-0.2, -0.15) is 0 Å². The van der Waals surface area contributed by atoms with E-state index < -0.39 is 0 Å². The number of furan rings is 1. The van der Waals surface area contributed by atoms with Gasteiger partial charge in [0, 0.05) is 24.7 Å². The standard InChI is InChI=1S/C16H21N3O3/c1-11-14(12(2)22-18-11)10-19-7-3-5-13(9-19)17-16(20)15-6-4-8-21-15/h4,6,8,13H,3,5,7,9-10H2,1-2H3,(H,17,20). The number of aryl methyl sites for hydroxylation is 2. The molecule has 1 atom stereocenters. The van der Waals surface area contributed by atoms with Gasteiger partial charge in [-0.05, 0) is 45.4 Å². The Kier molecular flexibility index (Phi) is 4.29. The molecule has 3 rings (SSSR count). The lowest BCUT2D eigenvalue weighted by molar-refractivity contribution is 0.0872. The van der Waals surface area contributed by atoms with Crippen molar-refractivity contribution in [3.63, 3.8) is 0 Å². The number of nitrogens with zero attached hydrogens (tertiary/aromatic N) is 2. The minimum atomic E-state index is -0.144. The summed E-state index contributed by atoms with van der Waals surface area (Å²) in [5, 5.41) is 7.05. The van der Waals surface area contributed by atoms with Gasteiger partial charge in [0.1, 0.15) is 5.76 Å². The van der Waals surface area contributed by atoms with E-state index in [1.807, 2.05) is 13.8 Å². The molecule has 0 bridgehead atoms. The van der Waals surface area contributed by atoms with Crippen molar-refractivity contribution in [1.29, 1.82) is 0 Å². The number of carbonyl (C=O) groups is 1. The van der Waals surface area contributed by atoms with E-state index in [1.54, 1.807) is 12.1 Å². The molecule has 3 heterocycles. The summed E-state index contributed by atoms with van der Waals surface area (Å²) in [6, 6.07) is 3.55. The predicted octanol–water partition coefficient (Wildman–Crippen LogP) is 2.28. The third-order valence-electron chi connectivity index (χ3n) is 4.15. The van der Waals surface area contributed by atoms with Crippen LogP contribution in [0.15, 0.2) is 27.3 Å². The molecule has 0 saturated carbocycles. The van der Waals surface area contributed by atoms with Crippen molar-refractivity contribution in [2.45, 2.75) is 39.3 Å². The topological polar surface area (TPSA) is 71.5 Å². The van der Waals surface area contributed by atoms with Crippen molar-refractivity contribution in [1.82, 2.24) is 15.4 Å². The number of hydrogen-bond acceptors (Lipinski definition) is 5. The molecule has 1 aliphatic heterocycles. The van der Waals surface area contributed by atoms with Crippen LogP contribution in [0.4, 0.5) is 0 Å². The Balaban J connectivity index is 1.59. The molecule has 0 aromatic carbocycles. The smallest absolute Gasteiger partial charge is 0.287 e. The van der Waals surface area contributed by atoms with Crippen LogP contribution in [0.25, 0.3) is 0 Å². The normalized spacial score (nSPS) is 19.3. The Morgan fingerprint density at radius 2 is 2.36 bits per heavy atom. The molecule has 1 saturated heterocycles. The summed E-state index contributed by atoms with van der Waals surface area (Å²) in [4.78, 5) is 14.4. The maximum atomic E-state index is 12.1. The van der Waals surface area contributed by atoms with Crippen LogP contribution >= 0.6 is 0 Å². The van der Waals surface area contributed by atoms with E-state index in [-0.39, 0.29) is 11.9 Å². The van der Waals surface area contributed by atoms with Crippen molar-refractivity contribution < 1.29 is 13.7 Å². The SMILES string of the molecule is Cc1noc(C)c1CN1CCCC(NC(=O)c2ccco2)C1. The van der Waals surface area contributed by atoms with Crippen molar-refractivity contribution in [3.8, 4) is 0 Å². The molecule has 6 nitrogen and oxygen atoms in total. The first-order chi connectivity index (χ1) is 10.6. The maximum Gasteiger partial charge on any atom is 0.287 e. The first-order valence-corrected chi connectivity index (χ1v) is 7.62. The Labute approximate surface area is 129 Å². The Morgan fingerprint density at radius 3 is 3.05 bits per heavy atom. The van der Waals surface area contributed by atoms with E-state index in [2.05, 4.69) is 15.4 Å². The fourth-order valence-corrected chi connectivity index (χ4v) is 2.93. The van der Waals surface area contributed by atoms with Gasteiger partial charge in [0.05, 0.1) is 12.0 Å². The van der Waals surface area contributed by atoms with Crippen LogP contribution in [0.2, 0.25) is 0 Å². The summed E-state index contributed by atoms with van der Waals surface area (Å²) in [6.07, 6.45) is 3.57. The number of carbonyl (C=O) groups excluding carboxylic acids is 1. The zero-order valence-electron chi connectivity index (χ0n) is 13.0. The molecular formula is C16H21N3O3. The molecule has 1 amide bonds. The zero-order valence-corrected chi connectivity index (χ0v) is 13.0. The first-order valence-electron chi connectivity index (χ1n) is 7.62. The van der Waals surface area contributed by atoms with E-state index in [0.717, 1.165) is 49.5 Å². The molecule has 1 aliphatic rings. The number of rotatable bonds is 4. The molecule has 1 unspecified atom stereocenters. The van der Waals surface area contributed by atoms with Gasteiger partial charge in [0.2, 0.25) is 0 Å². The van der Waals surface area contributed by atoms with Crippen molar-refractivity contribution in [2.24, 2.45) is 0 Å². The quantitative estimate of drug-likeness (QED) is 0.938. The van der Waals surface area contributed by atoms with Gasteiger partial charge in [-0.3, -0.25) is 9.69 Å². The highest BCUT2D eigenvalue weighted by Gasteiger charge is 2.24. The minimum Gasteiger partial charge on any atom is -0.459 e. The van der Waals surface area contributed by atoms with Crippen LogP contribution in [0.3, 0.4) is 0 Å². The highest BCUT2D eigenvalue weighted by molar-refractivity contribution is 5.91. The summed E-state index contributed by atoms with van der Waals surface area (Å²) < 4.78 is 10.4. The van der Waals surface area contributed by atoms with E-state index >= 15 is 0 Å². The summed E-state index contributed by atoms with van der Waals surface area (Å²) in [5.74, 6) is 1.09. The summed E-state index contributed by atoms with van der Waals surface area (Å²) in [5.41, 5.74) is 2.09. The Morgan fingerprint density at radius 1 is 1.50 bits per heavy atom. The number of hydrogen-bond donors (Lipinski definition) is 1. The van der Waals surface area contributed by atoms with Gasteiger partial charge in [-0.1, -0.05) is 5.16 Å². The van der Waals surface area contributed by atoms with Crippen LogP contribution in [0.1, 0.15) is 40.4 Å². The molecule has 0 spiro atoms.